The second-order valence-corrected chi connectivity index (χ2v) is 6.58. The summed E-state index contributed by atoms with van der Waals surface area (Å²) in [6.45, 7) is 1.64. The largest absolute Gasteiger partial charge is 0.507 e. The highest BCUT2D eigenvalue weighted by atomic mass is 35.5. The third kappa shape index (κ3) is 5.08. The molecule has 0 atom stereocenters. The average Bonchev–Trinajstić information content (AvgIpc) is 3.17. The van der Waals surface area contributed by atoms with E-state index in [4.69, 9.17) is 16.1 Å². The molecule has 0 aliphatic rings. The van der Waals surface area contributed by atoms with Crippen LogP contribution in [0, 0.1) is 12.7 Å². The molecule has 0 saturated heterocycles. The molecular formula is C19H16ClFN4O4. The Morgan fingerprint density at radius 2 is 2.00 bits per heavy atom. The summed E-state index contributed by atoms with van der Waals surface area (Å²) in [5, 5.41) is 13.7. The van der Waals surface area contributed by atoms with Crippen LogP contribution in [0.4, 0.5) is 4.39 Å². The summed E-state index contributed by atoms with van der Waals surface area (Å²) in [6.07, 6.45) is 0.0666. The SMILES string of the molecule is Cc1ccc(-c2noc(CCC(=O)NNC(=O)c3cc(Cl)ccc3O)n2)cc1F. The number of phenols is 1. The summed E-state index contributed by atoms with van der Waals surface area (Å²) >= 11 is 5.78. The molecule has 0 aliphatic carbocycles. The van der Waals surface area contributed by atoms with E-state index in [1.807, 2.05) is 0 Å². The van der Waals surface area contributed by atoms with Crippen molar-refractivity contribution in [1.82, 2.24) is 21.0 Å². The number of aromatic hydroxyl groups is 1. The normalized spacial score (nSPS) is 10.6. The fraction of sp³-hybridized carbons (Fsp3) is 0.158. The Bertz CT molecular complexity index is 1070. The van der Waals surface area contributed by atoms with E-state index in [2.05, 4.69) is 21.0 Å². The first-order valence-electron chi connectivity index (χ1n) is 8.50. The van der Waals surface area contributed by atoms with Gasteiger partial charge in [0.1, 0.15) is 11.6 Å². The molecule has 8 nitrogen and oxygen atoms in total. The highest BCUT2D eigenvalue weighted by Gasteiger charge is 2.14. The number of benzene rings is 2. The van der Waals surface area contributed by atoms with E-state index in [0.29, 0.717) is 11.1 Å². The number of aryl methyl sites for hydroxylation is 2. The highest BCUT2D eigenvalue weighted by molar-refractivity contribution is 6.31. The quantitative estimate of drug-likeness (QED) is 0.548. The molecule has 2 amide bonds. The molecule has 1 heterocycles. The van der Waals surface area contributed by atoms with Gasteiger partial charge >= 0.3 is 0 Å². The predicted molar refractivity (Wildman–Crippen MR) is 101 cm³/mol. The van der Waals surface area contributed by atoms with Gasteiger partial charge in [-0.1, -0.05) is 28.9 Å². The van der Waals surface area contributed by atoms with Gasteiger partial charge in [0, 0.05) is 23.4 Å². The second kappa shape index (κ2) is 8.70. The lowest BCUT2D eigenvalue weighted by molar-refractivity contribution is -0.121. The zero-order chi connectivity index (χ0) is 21.0. The van der Waals surface area contributed by atoms with Crippen LogP contribution in [0.5, 0.6) is 5.75 Å². The van der Waals surface area contributed by atoms with Crippen LogP contribution in [0.1, 0.15) is 28.2 Å². The van der Waals surface area contributed by atoms with Crippen molar-refractivity contribution in [2.24, 2.45) is 0 Å². The Balaban J connectivity index is 1.52. The van der Waals surface area contributed by atoms with Gasteiger partial charge in [0.2, 0.25) is 17.6 Å². The Morgan fingerprint density at radius 1 is 1.21 bits per heavy atom. The molecule has 0 bridgehead atoms. The average molecular weight is 419 g/mol. The number of carbonyl (C=O) groups is 2. The van der Waals surface area contributed by atoms with Crippen LogP contribution in [-0.2, 0) is 11.2 Å². The van der Waals surface area contributed by atoms with Crippen molar-refractivity contribution in [2.75, 3.05) is 0 Å². The minimum Gasteiger partial charge on any atom is -0.507 e. The number of rotatable bonds is 5. The molecule has 10 heteroatoms. The number of hydrogen-bond donors (Lipinski definition) is 3. The molecule has 0 spiro atoms. The maximum atomic E-state index is 13.6. The molecule has 3 aromatic rings. The Hall–Kier alpha value is -3.46. The number of nitrogens with zero attached hydrogens (tertiary/aromatic N) is 2. The molecule has 0 radical (unpaired) electrons. The number of aromatic nitrogens is 2. The Kier molecular flexibility index (Phi) is 6.08. The molecule has 0 unspecified atom stereocenters. The first-order chi connectivity index (χ1) is 13.8. The van der Waals surface area contributed by atoms with Crippen LogP contribution in [0.15, 0.2) is 40.9 Å². The van der Waals surface area contributed by atoms with Crippen LogP contribution in [0.3, 0.4) is 0 Å². The molecule has 2 aromatic carbocycles. The van der Waals surface area contributed by atoms with Crippen LogP contribution in [0.25, 0.3) is 11.4 Å². The highest BCUT2D eigenvalue weighted by Crippen LogP contribution is 2.21. The number of hydrazine groups is 1. The topological polar surface area (TPSA) is 117 Å². The smallest absolute Gasteiger partial charge is 0.273 e. The molecule has 1 aromatic heterocycles. The van der Waals surface area contributed by atoms with Gasteiger partial charge in [-0.15, -0.1) is 0 Å². The molecule has 3 rings (SSSR count). The first-order valence-corrected chi connectivity index (χ1v) is 8.88. The summed E-state index contributed by atoms with van der Waals surface area (Å²) < 4.78 is 18.7. The van der Waals surface area contributed by atoms with E-state index in [-0.39, 0.29) is 46.7 Å². The fourth-order valence-corrected chi connectivity index (χ4v) is 2.54. The van der Waals surface area contributed by atoms with Crippen LogP contribution >= 0.6 is 11.6 Å². The van der Waals surface area contributed by atoms with Crippen LogP contribution in [0.2, 0.25) is 5.02 Å². The summed E-state index contributed by atoms with van der Waals surface area (Å²) in [4.78, 5) is 28.0. The molecule has 29 heavy (non-hydrogen) atoms. The van der Waals surface area contributed by atoms with E-state index < -0.39 is 11.8 Å². The van der Waals surface area contributed by atoms with Crippen molar-refractivity contribution < 1.29 is 23.6 Å². The zero-order valence-electron chi connectivity index (χ0n) is 15.2. The van der Waals surface area contributed by atoms with Crippen molar-refractivity contribution in [1.29, 1.82) is 0 Å². The molecule has 3 N–H and O–H groups in total. The van der Waals surface area contributed by atoms with E-state index in [9.17, 15) is 19.1 Å². The van der Waals surface area contributed by atoms with E-state index >= 15 is 0 Å². The standard InChI is InChI=1S/C19H16ClFN4O4/c1-10-2-3-11(8-14(10)21)18-22-17(29-25-18)7-6-16(27)23-24-19(28)13-9-12(20)4-5-15(13)26/h2-5,8-9,26H,6-7H2,1H3,(H,23,27)(H,24,28). The zero-order valence-corrected chi connectivity index (χ0v) is 16.0. The van der Waals surface area contributed by atoms with Crippen molar-refractivity contribution >= 4 is 23.4 Å². The Morgan fingerprint density at radius 3 is 2.76 bits per heavy atom. The van der Waals surface area contributed by atoms with Crippen molar-refractivity contribution in [3.63, 3.8) is 0 Å². The molecule has 0 fully saturated rings. The summed E-state index contributed by atoms with van der Waals surface area (Å²) in [5.41, 5.74) is 5.28. The molecule has 0 saturated carbocycles. The lowest BCUT2D eigenvalue weighted by Crippen LogP contribution is -2.41. The lowest BCUT2D eigenvalue weighted by Gasteiger charge is -2.08. The third-order valence-electron chi connectivity index (χ3n) is 3.98. The fourth-order valence-electron chi connectivity index (χ4n) is 2.37. The minimum atomic E-state index is -0.722. The summed E-state index contributed by atoms with van der Waals surface area (Å²) in [6, 6.07) is 8.54. The van der Waals surface area contributed by atoms with E-state index in [0.717, 1.165) is 0 Å². The molecular weight excluding hydrogens is 403 g/mol. The Labute approximate surface area is 169 Å². The van der Waals surface area contributed by atoms with E-state index in [1.165, 1.54) is 24.3 Å². The number of nitrogens with one attached hydrogen (secondary N) is 2. The van der Waals surface area contributed by atoms with Gasteiger partial charge in [0.15, 0.2) is 0 Å². The number of hydrogen-bond acceptors (Lipinski definition) is 6. The lowest BCUT2D eigenvalue weighted by atomic mass is 10.1. The summed E-state index contributed by atoms with van der Waals surface area (Å²) in [7, 11) is 0. The second-order valence-electron chi connectivity index (χ2n) is 6.14. The van der Waals surface area contributed by atoms with Gasteiger partial charge in [0.25, 0.3) is 5.91 Å². The number of halogens is 2. The monoisotopic (exact) mass is 418 g/mol. The third-order valence-corrected chi connectivity index (χ3v) is 4.22. The first kappa shape index (κ1) is 20.3. The minimum absolute atomic E-state index is 0.0499. The molecule has 0 aliphatic heterocycles. The van der Waals surface area contributed by atoms with Gasteiger partial charge in [-0.3, -0.25) is 20.4 Å². The van der Waals surface area contributed by atoms with Crippen molar-refractivity contribution in [3.8, 4) is 17.1 Å². The van der Waals surface area contributed by atoms with Crippen LogP contribution in [-0.4, -0.2) is 27.1 Å². The molecule has 150 valence electrons. The van der Waals surface area contributed by atoms with Gasteiger partial charge < -0.3 is 9.63 Å². The van der Waals surface area contributed by atoms with Gasteiger partial charge in [0.05, 0.1) is 5.56 Å². The number of phenolic OH excluding ortho intramolecular Hbond substituents is 1. The van der Waals surface area contributed by atoms with Crippen LogP contribution < -0.4 is 10.9 Å². The number of amides is 2. The summed E-state index contributed by atoms with van der Waals surface area (Å²) in [5.74, 6) is -1.48. The van der Waals surface area contributed by atoms with Crippen molar-refractivity contribution in [3.05, 3.63) is 64.3 Å². The van der Waals surface area contributed by atoms with Gasteiger partial charge in [-0.25, -0.2) is 4.39 Å². The predicted octanol–water partition coefficient (Wildman–Crippen LogP) is 2.94. The van der Waals surface area contributed by atoms with Gasteiger partial charge in [-0.2, -0.15) is 4.98 Å². The maximum absolute atomic E-state index is 13.6. The van der Waals surface area contributed by atoms with Gasteiger partial charge in [-0.05, 0) is 36.8 Å². The number of carbonyl (C=O) groups excluding carboxylic acids is 2. The van der Waals surface area contributed by atoms with Crippen molar-refractivity contribution in [2.45, 2.75) is 19.8 Å². The maximum Gasteiger partial charge on any atom is 0.273 e. The van der Waals surface area contributed by atoms with E-state index in [1.54, 1.807) is 19.1 Å².